The summed E-state index contributed by atoms with van der Waals surface area (Å²) in [6.45, 7) is 5.59. The van der Waals surface area contributed by atoms with Crippen molar-refractivity contribution >= 4 is 15.7 Å². The van der Waals surface area contributed by atoms with Crippen LogP contribution < -0.4 is 5.32 Å². The molecule has 0 aliphatic carbocycles. The summed E-state index contributed by atoms with van der Waals surface area (Å²) in [4.78, 5) is 26.3. The van der Waals surface area contributed by atoms with Gasteiger partial charge in [-0.05, 0) is 65.3 Å². The average molecular weight is 476 g/mol. The van der Waals surface area contributed by atoms with Gasteiger partial charge in [0.25, 0.3) is 5.91 Å². The molecule has 1 amide bonds. The number of hydrogen-bond acceptors (Lipinski definition) is 7. The molecule has 2 aromatic rings. The zero-order chi connectivity index (χ0) is 24.8. The molecule has 9 heteroatoms. The SMILES string of the molecule is CCc1ccc(C(=O)NCCC(C)c2ccc(S(C)(=O)=O)c(CN(C)C)n2)c(CN(C)C)n1. The Hall–Kier alpha value is -2.36. The first-order chi connectivity index (χ1) is 15.4. The molecule has 0 saturated carbocycles. The van der Waals surface area contributed by atoms with Crippen LogP contribution >= 0.6 is 0 Å². The van der Waals surface area contributed by atoms with E-state index in [0.717, 1.165) is 23.5 Å². The maximum absolute atomic E-state index is 12.8. The van der Waals surface area contributed by atoms with Crippen molar-refractivity contribution in [1.29, 1.82) is 0 Å². The monoisotopic (exact) mass is 475 g/mol. The number of rotatable bonds is 11. The molecule has 2 heterocycles. The third-order valence-electron chi connectivity index (χ3n) is 5.29. The number of amides is 1. The first-order valence-electron chi connectivity index (χ1n) is 11.2. The lowest BCUT2D eigenvalue weighted by Crippen LogP contribution is -2.28. The molecule has 0 saturated heterocycles. The van der Waals surface area contributed by atoms with Crippen LogP contribution in [0.5, 0.6) is 0 Å². The molecule has 1 unspecified atom stereocenters. The van der Waals surface area contributed by atoms with Crippen molar-refractivity contribution in [2.45, 2.75) is 50.6 Å². The fourth-order valence-corrected chi connectivity index (χ4v) is 4.40. The highest BCUT2D eigenvalue weighted by Gasteiger charge is 2.19. The molecule has 1 N–H and O–H groups in total. The average Bonchev–Trinajstić information content (AvgIpc) is 2.71. The van der Waals surface area contributed by atoms with Crippen molar-refractivity contribution < 1.29 is 13.2 Å². The number of aromatic nitrogens is 2. The van der Waals surface area contributed by atoms with Gasteiger partial charge >= 0.3 is 0 Å². The van der Waals surface area contributed by atoms with Crippen molar-refractivity contribution in [1.82, 2.24) is 25.1 Å². The van der Waals surface area contributed by atoms with Crippen LogP contribution in [0.25, 0.3) is 0 Å². The van der Waals surface area contributed by atoms with Crippen molar-refractivity contribution in [3.63, 3.8) is 0 Å². The molecular weight excluding hydrogens is 438 g/mol. The number of nitrogens with one attached hydrogen (secondary N) is 1. The summed E-state index contributed by atoms with van der Waals surface area (Å²) >= 11 is 0. The highest BCUT2D eigenvalue weighted by atomic mass is 32.2. The summed E-state index contributed by atoms with van der Waals surface area (Å²) in [5.74, 6) is -0.0791. The smallest absolute Gasteiger partial charge is 0.253 e. The van der Waals surface area contributed by atoms with Gasteiger partial charge in [-0.1, -0.05) is 13.8 Å². The van der Waals surface area contributed by atoms with E-state index in [1.807, 2.05) is 64.0 Å². The van der Waals surface area contributed by atoms with Crippen LogP contribution in [-0.2, 0) is 29.3 Å². The van der Waals surface area contributed by atoms with E-state index < -0.39 is 9.84 Å². The quantitative estimate of drug-likeness (QED) is 0.533. The van der Waals surface area contributed by atoms with Crippen molar-refractivity contribution in [2.75, 3.05) is 41.0 Å². The standard InChI is InChI=1S/C24H37N5O3S/c1-8-18-9-10-19(21(26-18)15-28(3)4)24(30)25-14-13-17(2)20-11-12-23(33(7,31)32)22(27-20)16-29(5)6/h9-12,17H,8,13-16H2,1-7H3,(H,25,30). The molecule has 0 fully saturated rings. The van der Waals surface area contributed by atoms with Gasteiger partial charge in [0.2, 0.25) is 0 Å². The number of hydrogen-bond donors (Lipinski definition) is 1. The van der Waals surface area contributed by atoms with Crippen LogP contribution in [-0.4, -0.2) is 75.1 Å². The largest absolute Gasteiger partial charge is 0.352 e. The summed E-state index contributed by atoms with van der Waals surface area (Å²) < 4.78 is 24.2. The molecule has 182 valence electrons. The first-order valence-corrected chi connectivity index (χ1v) is 13.1. The predicted octanol–water partition coefficient (Wildman–Crippen LogP) is 2.49. The molecule has 0 aliphatic rings. The minimum absolute atomic E-state index is 0.0571. The van der Waals surface area contributed by atoms with Crippen LogP contribution in [0, 0.1) is 0 Å². The van der Waals surface area contributed by atoms with Crippen LogP contribution in [0.3, 0.4) is 0 Å². The third kappa shape index (κ3) is 7.87. The first kappa shape index (κ1) is 26.9. The molecule has 33 heavy (non-hydrogen) atoms. The van der Waals surface area contributed by atoms with E-state index in [4.69, 9.17) is 0 Å². The van der Waals surface area contributed by atoms with E-state index >= 15 is 0 Å². The Morgan fingerprint density at radius 1 is 1.00 bits per heavy atom. The fraction of sp³-hybridized carbons (Fsp3) is 0.542. The Kier molecular flexibility index (Phi) is 9.51. The lowest BCUT2D eigenvalue weighted by molar-refractivity contribution is 0.0950. The van der Waals surface area contributed by atoms with Gasteiger partial charge in [0.15, 0.2) is 9.84 Å². The normalized spacial score (nSPS) is 12.9. The summed E-state index contributed by atoms with van der Waals surface area (Å²) in [7, 11) is 4.32. The summed E-state index contributed by atoms with van der Waals surface area (Å²) in [6, 6.07) is 7.16. The van der Waals surface area contributed by atoms with Gasteiger partial charge in [-0.15, -0.1) is 0 Å². The van der Waals surface area contributed by atoms with E-state index in [9.17, 15) is 13.2 Å². The molecule has 0 aliphatic heterocycles. The van der Waals surface area contributed by atoms with Gasteiger partial charge in [-0.25, -0.2) is 8.42 Å². The fourth-order valence-electron chi connectivity index (χ4n) is 3.55. The topological polar surface area (TPSA) is 95.5 Å². The van der Waals surface area contributed by atoms with E-state index in [1.54, 1.807) is 12.1 Å². The van der Waals surface area contributed by atoms with Gasteiger partial charge in [-0.3, -0.25) is 14.8 Å². The Labute approximate surface area is 198 Å². The second-order valence-corrected chi connectivity index (χ2v) is 11.0. The number of carbonyl (C=O) groups is 1. The number of carbonyl (C=O) groups excluding carboxylic acids is 1. The van der Waals surface area contributed by atoms with Crippen LogP contribution in [0.1, 0.15) is 59.3 Å². The highest BCUT2D eigenvalue weighted by molar-refractivity contribution is 7.90. The lowest BCUT2D eigenvalue weighted by atomic mass is 10.0. The van der Waals surface area contributed by atoms with E-state index in [0.29, 0.717) is 37.3 Å². The van der Waals surface area contributed by atoms with Gasteiger partial charge in [0, 0.05) is 43.2 Å². The minimum Gasteiger partial charge on any atom is -0.352 e. The van der Waals surface area contributed by atoms with Crippen LogP contribution in [0.4, 0.5) is 0 Å². The number of pyridine rings is 2. The number of aryl methyl sites for hydroxylation is 1. The maximum atomic E-state index is 12.8. The Balaban J connectivity index is 2.10. The van der Waals surface area contributed by atoms with Crippen LogP contribution in [0.2, 0.25) is 0 Å². The van der Waals surface area contributed by atoms with Crippen molar-refractivity contribution in [2.24, 2.45) is 0 Å². The molecule has 0 bridgehead atoms. The van der Waals surface area contributed by atoms with Crippen molar-refractivity contribution in [3.05, 3.63) is 52.6 Å². The van der Waals surface area contributed by atoms with Gasteiger partial charge in [0.05, 0.1) is 21.8 Å². The Morgan fingerprint density at radius 3 is 2.21 bits per heavy atom. The molecular formula is C24H37N5O3S. The summed E-state index contributed by atoms with van der Waals surface area (Å²) in [6.07, 6.45) is 2.71. The Morgan fingerprint density at radius 2 is 1.64 bits per heavy atom. The molecule has 8 nitrogen and oxygen atoms in total. The molecule has 0 spiro atoms. The van der Waals surface area contributed by atoms with E-state index in [1.165, 1.54) is 6.26 Å². The van der Waals surface area contributed by atoms with Crippen LogP contribution in [0.15, 0.2) is 29.2 Å². The summed E-state index contributed by atoms with van der Waals surface area (Å²) in [5.41, 5.74) is 3.70. The van der Waals surface area contributed by atoms with E-state index in [2.05, 4.69) is 15.3 Å². The molecule has 2 aromatic heterocycles. The lowest BCUT2D eigenvalue weighted by Gasteiger charge is -2.17. The minimum atomic E-state index is -3.35. The predicted molar refractivity (Wildman–Crippen MR) is 131 cm³/mol. The number of nitrogens with zero attached hydrogens (tertiary/aromatic N) is 4. The maximum Gasteiger partial charge on any atom is 0.253 e. The Bertz CT molecular complexity index is 1070. The highest BCUT2D eigenvalue weighted by Crippen LogP contribution is 2.22. The zero-order valence-electron chi connectivity index (χ0n) is 20.8. The second-order valence-electron chi connectivity index (χ2n) is 9.02. The van der Waals surface area contributed by atoms with Gasteiger partial charge < -0.3 is 15.1 Å². The molecule has 0 radical (unpaired) electrons. The molecule has 2 rings (SSSR count). The van der Waals surface area contributed by atoms with E-state index in [-0.39, 0.29) is 16.7 Å². The van der Waals surface area contributed by atoms with Gasteiger partial charge in [0.1, 0.15) is 0 Å². The third-order valence-corrected chi connectivity index (χ3v) is 6.46. The molecule has 1 atom stereocenters. The number of sulfone groups is 1. The second kappa shape index (κ2) is 11.7. The zero-order valence-corrected chi connectivity index (χ0v) is 21.7. The van der Waals surface area contributed by atoms with Gasteiger partial charge in [-0.2, -0.15) is 0 Å². The van der Waals surface area contributed by atoms with Crippen molar-refractivity contribution in [3.8, 4) is 0 Å². The summed E-state index contributed by atoms with van der Waals surface area (Å²) in [5, 5.41) is 3.00. The molecule has 0 aromatic carbocycles.